The van der Waals surface area contributed by atoms with E-state index in [2.05, 4.69) is 70.8 Å². The van der Waals surface area contributed by atoms with Gasteiger partial charge in [-0.25, -0.2) is 0 Å². The Balaban J connectivity index is 1.62. The summed E-state index contributed by atoms with van der Waals surface area (Å²) in [4.78, 5) is 2.57. The van der Waals surface area contributed by atoms with E-state index in [1.807, 2.05) is 6.07 Å². The van der Waals surface area contributed by atoms with Gasteiger partial charge in [0, 0.05) is 30.4 Å². The quantitative estimate of drug-likeness (QED) is 0.304. The van der Waals surface area contributed by atoms with Crippen molar-refractivity contribution >= 4 is 25.6 Å². The van der Waals surface area contributed by atoms with Crippen molar-refractivity contribution < 1.29 is 9.16 Å². The Hall–Kier alpha value is -0.753. The van der Waals surface area contributed by atoms with E-state index in [0.29, 0.717) is 53.0 Å². The van der Waals surface area contributed by atoms with Crippen LogP contribution in [0.25, 0.3) is 0 Å². The van der Waals surface area contributed by atoms with Gasteiger partial charge in [-0.05, 0) is 54.6 Å². The third-order valence-electron chi connectivity index (χ3n) is 7.75. The van der Waals surface area contributed by atoms with Crippen LogP contribution in [0.2, 0.25) is 21.6 Å². The van der Waals surface area contributed by atoms with Crippen LogP contribution >= 0.6 is 11.6 Å². The first-order valence-electron chi connectivity index (χ1n) is 12.8. The number of nitrogens with one attached hydrogen (secondary N) is 1. The highest BCUT2D eigenvalue weighted by Gasteiger charge is 2.45. The Morgan fingerprint density at radius 2 is 1.69 bits per heavy atom. The molecular formula is C26H45ClN2O2Si. The molecule has 2 aliphatic rings. The number of ether oxygens (including phenoxy) is 1. The highest BCUT2D eigenvalue weighted by Crippen LogP contribution is 2.42. The van der Waals surface area contributed by atoms with Crippen LogP contribution in [0.1, 0.15) is 74.1 Å². The van der Waals surface area contributed by atoms with Crippen LogP contribution in [0, 0.1) is 0 Å². The van der Waals surface area contributed by atoms with E-state index < -0.39 is 8.32 Å². The molecule has 0 unspecified atom stereocenters. The second kappa shape index (κ2) is 11.1. The number of anilines is 1. The molecule has 6 heteroatoms. The molecular weight excluding hydrogens is 436 g/mol. The fraction of sp³-hybridized carbons (Fsp3) is 0.769. The summed E-state index contributed by atoms with van der Waals surface area (Å²) in [7, 11) is -1.86. The maximum Gasteiger partial charge on any atom is 0.200 e. The lowest BCUT2D eigenvalue weighted by Gasteiger charge is -2.48. The van der Waals surface area contributed by atoms with Crippen molar-refractivity contribution in [2.45, 2.75) is 109 Å². The minimum absolute atomic E-state index is 0.494. The van der Waals surface area contributed by atoms with Gasteiger partial charge in [0.2, 0.25) is 0 Å². The van der Waals surface area contributed by atoms with Gasteiger partial charge in [0.1, 0.15) is 12.4 Å². The lowest BCUT2D eigenvalue weighted by Crippen LogP contribution is -2.62. The molecule has 3 rings (SSSR count). The van der Waals surface area contributed by atoms with Gasteiger partial charge in [0.25, 0.3) is 0 Å². The van der Waals surface area contributed by atoms with Crippen LogP contribution in [-0.2, 0) is 4.43 Å². The molecule has 1 aromatic carbocycles. The molecule has 1 aliphatic carbocycles. The molecule has 0 radical (unpaired) electrons. The number of benzene rings is 1. The summed E-state index contributed by atoms with van der Waals surface area (Å²) in [5.41, 5.74) is 2.95. The molecule has 0 amide bonds. The van der Waals surface area contributed by atoms with E-state index in [-0.39, 0.29) is 0 Å². The van der Waals surface area contributed by atoms with Gasteiger partial charge in [-0.15, -0.1) is 0 Å². The zero-order chi connectivity index (χ0) is 23.5. The molecule has 0 aromatic heterocycles. The van der Waals surface area contributed by atoms with Gasteiger partial charge in [-0.3, -0.25) is 0 Å². The summed E-state index contributed by atoms with van der Waals surface area (Å²) in [5, 5.41) is 4.50. The molecule has 1 aromatic rings. The molecule has 1 saturated carbocycles. The summed E-state index contributed by atoms with van der Waals surface area (Å²) in [6, 6.07) is 7.97. The van der Waals surface area contributed by atoms with Gasteiger partial charge in [-0.1, -0.05) is 66.0 Å². The van der Waals surface area contributed by atoms with Crippen LogP contribution in [0.4, 0.5) is 5.69 Å². The number of piperazine rings is 1. The average Bonchev–Trinajstić information content (AvgIpc) is 2.73. The SMILES string of the molecule is CC(C)[Si](OCCOc1ccc(N2C[C@@H](C)N[C@H]3CCCC[C@@H]32)cc1Cl)(C(C)C)C(C)C. The maximum absolute atomic E-state index is 6.68. The number of hydrogen-bond acceptors (Lipinski definition) is 4. The van der Waals surface area contributed by atoms with E-state index in [1.165, 1.54) is 31.4 Å². The topological polar surface area (TPSA) is 33.7 Å². The second-order valence-corrected chi connectivity index (χ2v) is 16.7. The minimum atomic E-state index is -1.86. The number of nitrogens with zero attached hydrogens (tertiary/aromatic N) is 1. The van der Waals surface area contributed by atoms with Gasteiger partial charge >= 0.3 is 0 Å². The van der Waals surface area contributed by atoms with Gasteiger partial charge in [0.15, 0.2) is 8.32 Å². The first kappa shape index (κ1) is 25.9. The summed E-state index contributed by atoms with van der Waals surface area (Å²) in [6.45, 7) is 18.4. The lowest BCUT2D eigenvalue weighted by molar-refractivity contribution is 0.198. The van der Waals surface area contributed by atoms with Crippen LogP contribution in [0.3, 0.4) is 0 Å². The molecule has 182 valence electrons. The Kier molecular flexibility index (Phi) is 8.98. The molecule has 2 fully saturated rings. The molecule has 1 N–H and O–H groups in total. The standard InChI is InChI=1S/C26H45ClN2O2Si/c1-18(2)32(19(3)4,20(5)6)31-15-14-30-26-13-12-22(16-23(26)27)29-17-21(7)28-24-10-8-9-11-25(24)29/h12-13,16,18-21,24-25,28H,8-11,14-15,17H2,1-7H3/t21-,24+,25+/m1/s1. The predicted octanol–water partition coefficient (Wildman–Crippen LogP) is 7.02. The Labute approximate surface area is 202 Å². The molecule has 1 aliphatic heterocycles. The highest BCUT2D eigenvalue weighted by molar-refractivity contribution is 6.77. The van der Waals surface area contributed by atoms with Gasteiger partial charge in [-0.2, -0.15) is 0 Å². The normalized spacial score (nSPS) is 24.3. The van der Waals surface area contributed by atoms with Crippen molar-refractivity contribution in [2.75, 3.05) is 24.7 Å². The average molecular weight is 481 g/mol. The predicted molar refractivity (Wildman–Crippen MR) is 140 cm³/mol. The summed E-state index contributed by atoms with van der Waals surface area (Å²) >= 11 is 6.68. The number of hydrogen-bond donors (Lipinski definition) is 1. The zero-order valence-electron chi connectivity index (χ0n) is 21.3. The summed E-state index contributed by atoms with van der Waals surface area (Å²) in [5.74, 6) is 0.758. The molecule has 3 atom stereocenters. The second-order valence-electron chi connectivity index (χ2n) is 10.8. The van der Waals surface area contributed by atoms with Crippen LogP contribution in [0.5, 0.6) is 5.75 Å². The van der Waals surface area contributed by atoms with Crippen LogP contribution in [0.15, 0.2) is 18.2 Å². The molecule has 1 heterocycles. The highest BCUT2D eigenvalue weighted by atomic mass is 35.5. The summed E-state index contributed by atoms with van der Waals surface area (Å²) in [6.07, 6.45) is 5.18. The smallest absolute Gasteiger partial charge is 0.200 e. The van der Waals surface area contributed by atoms with E-state index in [1.54, 1.807) is 0 Å². The first-order valence-corrected chi connectivity index (χ1v) is 15.3. The fourth-order valence-electron chi connectivity index (χ4n) is 6.48. The lowest BCUT2D eigenvalue weighted by atomic mass is 9.86. The van der Waals surface area contributed by atoms with Crippen molar-refractivity contribution in [3.05, 3.63) is 23.2 Å². The summed E-state index contributed by atoms with van der Waals surface area (Å²) < 4.78 is 12.7. The largest absolute Gasteiger partial charge is 0.490 e. The van der Waals surface area contributed by atoms with Crippen molar-refractivity contribution in [1.82, 2.24) is 5.32 Å². The molecule has 0 bridgehead atoms. The molecule has 1 saturated heterocycles. The Morgan fingerprint density at radius 1 is 1.03 bits per heavy atom. The Bertz CT molecular complexity index is 721. The fourth-order valence-corrected chi connectivity index (χ4v) is 12.1. The molecule has 4 nitrogen and oxygen atoms in total. The molecule has 0 spiro atoms. The van der Waals surface area contributed by atoms with Crippen LogP contribution in [-0.4, -0.2) is 46.2 Å². The van der Waals surface area contributed by atoms with E-state index >= 15 is 0 Å². The van der Waals surface area contributed by atoms with Crippen molar-refractivity contribution in [3.63, 3.8) is 0 Å². The third-order valence-corrected chi connectivity index (χ3v) is 14.2. The monoisotopic (exact) mass is 480 g/mol. The van der Waals surface area contributed by atoms with E-state index in [4.69, 9.17) is 20.8 Å². The molecule has 32 heavy (non-hydrogen) atoms. The maximum atomic E-state index is 6.68. The third kappa shape index (κ3) is 5.48. The first-order chi connectivity index (χ1) is 15.2. The number of halogens is 1. The van der Waals surface area contributed by atoms with Crippen LogP contribution < -0.4 is 15.0 Å². The van der Waals surface area contributed by atoms with Gasteiger partial charge in [0.05, 0.1) is 11.6 Å². The van der Waals surface area contributed by atoms with E-state index in [9.17, 15) is 0 Å². The number of fused-ring (bicyclic) bond motifs is 1. The van der Waals surface area contributed by atoms with Crippen molar-refractivity contribution in [2.24, 2.45) is 0 Å². The van der Waals surface area contributed by atoms with Gasteiger partial charge < -0.3 is 19.4 Å². The van der Waals surface area contributed by atoms with E-state index in [0.717, 1.165) is 12.3 Å². The van der Waals surface area contributed by atoms with Crippen molar-refractivity contribution in [3.8, 4) is 5.75 Å². The Morgan fingerprint density at radius 3 is 2.31 bits per heavy atom. The zero-order valence-corrected chi connectivity index (χ0v) is 23.0. The minimum Gasteiger partial charge on any atom is -0.490 e. The van der Waals surface area contributed by atoms with Crippen molar-refractivity contribution in [1.29, 1.82) is 0 Å². The number of rotatable bonds is 9.